The number of benzene rings is 1. The molecule has 0 heterocycles. The first-order chi connectivity index (χ1) is 9.66. The molecule has 112 valence electrons. The molecule has 0 saturated carbocycles. The number of halogens is 1. The summed E-state index contributed by atoms with van der Waals surface area (Å²) in [5.74, 6) is -1.92. The Kier molecular flexibility index (Phi) is 4.87. The van der Waals surface area contributed by atoms with Crippen LogP contribution in [-0.4, -0.2) is 34.1 Å². The molecule has 0 radical (unpaired) electrons. The zero-order chi connectivity index (χ0) is 16.2. The Morgan fingerprint density at radius 2 is 2.05 bits per heavy atom. The van der Waals surface area contributed by atoms with Crippen molar-refractivity contribution < 1.29 is 19.1 Å². The van der Waals surface area contributed by atoms with Crippen LogP contribution in [0.5, 0.6) is 0 Å². The van der Waals surface area contributed by atoms with Gasteiger partial charge in [0.15, 0.2) is 0 Å². The second kappa shape index (κ2) is 6.22. The number of carboxylic acids is 1. The summed E-state index contributed by atoms with van der Waals surface area (Å²) in [6.07, 6.45) is 0. The monoisotopic (exact) mass is 293 g/mol. The molecule has 1 aromatic carbocycles. The molecule has 2 N–H and O–H groups in total. The van der Waals surface area contributed by atoms with E-state index in [9.17, 15) is 14.0 Å². The Morgan fingerprint density at radius 3 is 2.52 bits per heavy atom. The van der Waals surface area contributed by atoms with Gasteiger partial charge in [-0.15, -0.1) is 0 Å². The predicted octanol–water partition coefficient (Wildman–Crippen LogP) is 2.41. The molecule has 21 heavy (non-hydrogen) atoms. The summed E-state index contributed by atoms with van der Waals surface area (Å²) >= 11 is 0. The van der Waals surface area contributed by atoms with Gasteiger partial charge in [0, 0.05) is 5.54 Å². The predicted molar refractivity (Wildman–Crippen MR) is 74.2 cm³/mol. The minimum Gasteiger partial charge on any atom is -0.480 e. The van der Waals surface area contributed by atoms with Gasteiger partial charge in [0.05, 0.1) is 5.69 Å². The molecular weight excluding hydrogens is 277 g/mol. The third-order valence-corrected chi connectivity index (χ3v) is 2.72. The van der Waals surface area contributed by atoms with Gasteiger partial charge < -0.3 is 15.3 Å². The van der Waals surface area contributed by atoms with Crippen molar-refractivity contribution in [3.05, 3.63) is 29.6 Å². The number of nitrogens with zero attached hydrogens (tertiary/aromatic N) is 2. The molecule has 0 aliphatic heterocycles. The Labute approximate surface area is 121 Å². The lowest BCUT2D eigenvalue weighted by Gasteiger charge is -2.34. The zero-order valence-corrected chi connectivity index (χ0v) is 12.0. The van der Waals surface area contributed by atoms with E-state index in [2.05, 4.69) is 5.32 Å². The highest BCUT2D eigenvalue weighted by Crippen LogP contribution is 2.20. The van der Waals surface area contributed by atoms with Crippen molar-refractivity contribution in [2.75, 3.05) is 11.9 Å². The van der Waals surface area contributed by atoms with Crippen LogP contribution < -0.4 is 5.32 Å². The van der Waals surface area contributed by atoms with Gasteiger partial charge in [-0.25, -0.2) is 9.18 Å². The second-order valence-corrected chi connectivity index (χ2v) is 5.36. The highest BCUT2D eigenvalue weighted by atomic mass is 19.1. The SMILES string of the molecule is CC(C)(C)N(CC(=O)O)C(=O)Nc1cccc(F)c1C#N. The normalized spacial score (nSPS) is 10.6. The van der Waals surface area contributed by atoms with E-state index in [4.69, 9.17) is 10.4 Å². The minimum absolute atomic E-state index is 0.00198. The highest BCUT2D eigenvalue weighted by molar-refractivity contribution is 5.93. The van der Waals surface area contributed by atoms with E-state index in [-0.39, 0.29) is 11.3 Å². The van der Waals surface area contributed by atoms with Crippen LogP contribution in [0.1, 0.15) is 26.3 Å². The van der Waals surface area contributed by atoms with Gasteiger partial charge in [-0.1, -0.05) is 6.07 Å². The van der Waals surface area contributed by atoms with E-state index in [1.165, 1.54) is 12.1 Å². The lowest BCUT2D eigenvalue weighted by molar-refractivity contribution is -0.138. The van der Waals surface area contributed by atoms with E-state index >= 15 is 0 Å². The fourth-order valence-corrected chi connectivity index (χ4v) is 1.67. The van der Waals surface area contributed by atoms with E-state index in [0.717, 1.165) is 11.0 Å². The fourth-order valence-electron chi connectivity index (χ4n) is 1.67. The van der Waals surface area contributed by atoms with E-state index in [1.807, 2.05) is 0 Å². The lowest BCUT2D eigenvalue weighted by Crippen LogP contribution is -2.50. The number of nitriles is 1. The molecule has 1 aromatic rings. The molecule has 0 bridgehead atoms. The largest absolute Gasteiger partial charge is 0.480 e. The molecule has 0 spiro atoms. The Morgan fingerprint density at radius 1 is 1.43 bits per heavy atom. The van der Waals surface area contributed by atoms with Crippen molar-refractivity contribution in [1.29, 1.82) is 5.26 Å². The number of carbonyl (C=O) groups is 2. The van der Waals surface area contributed by atoms with E-state index in [1.54, 1.807) is 26.8 Å². The standard InChI is InChI=1S/C14H16FN3O3/c1-14(2,3)18(8-12(19)20)13(21)17-11-6-4-5-10(15)9(11)7-16/h4-6H,8H2,1-3H3,(H,17,21)(H,19,20). The van der Waals surface area contributed by atoms with Crippen LogP contribution in [0.15, 0.2) is 18.2 Å². The maximum Gasteiger partial charge on any atom is 0.323 e. The summed E-state index contributed by atoms with van der Waals surface area (Å²) in [5.41, 5.74) is -1.04. The number of nitrogens with one attached hydrogen (secondary N) is 1. The number of aliphatic carboxylic acids is 1. The maximum absolute atomic E-state index is 13.5. The molecular formula is C14H16FN3O3. The molecule has 0 atom stereocenters. The van der Waals surface area contributed by atoms with Crippen molar-refractivity contribution in [2.45, 2.75) is 26.3 Å². The quantitative estimate of drug-likeness (QED) is 0.895. The Balaban J connectivity index is 3.06. The van der Waals surface area contributed by atoms with Crippen LogP contribution in [0.3, 0.4) is 0 Å². The molecule has 0 fully saturated rings. The molecule has 0 unspecified atom stereocenters. The second-order valence-electron chi connectivity index (χ2n) is 5.36. The van der Waals surface area contributed by atoms with Gasteiger partial charge in [0.1, 0.15) is 24.0 Å². The van der Waals surface area contributed by atoms with Crippen LogP contribution in [0.4, 0.5) is 14.9 Å². The maximum atomic E-state index is 13.5. The Hall–Kier alpha value is -2.62. The van der Waals surface area contributed by atoms with Crippen LogP contribution in [0, 0.1) is 17.1 Å². The first kappa shape index (κ1) is 16.4. The molecule has 2 amide bonds. The molecule has 0 saturated heterocycles. The number of carboxylic acid groups (broad SMARTS) is 1. The highest BCUT2D eigenvalue weighted by Gasteiger charge is 2.29. The van der Waals surface area contributed by atoms with Crippen molar-refractivity contribution in [1.82, 2.24) is 4.90 Å². The Bertz CT molecular complexity index is 602. The van der Waals surface area contributed by atoms with Gasteiger partial charge in [-0.05, 0) is 32.9 Å². The van der Waals surface area contributed by atoms with Gasteiger partial charge in [0.25, 0.3) is 0 Å². The third-order valence-electron chi connectivity index (χ3n) is 2.72. The minimum atomic E-state index is -1.17. The van der Waals surface area contributed by atoms with E-state index < -0.39 is 29.9 Å². The summed E-state index contributed by atoms with van der Waals surface area (Å²) in [4.78, 5) is 24.1. The number of hydrogen-bond acceptors (Lipinski definition) is 3. The molecule has 0 aliphatic carbocycles. The van der Waals surface area contributed by atoms with Crippen LogP contribution in [0.2, 0.25) is 0 Å². The molecule has 0 aliphatic rings. The first-order valence-electron chi connectivity index (χ1n) is 6.16. The van der Waals surface area contributed by atoms with Gasteiger partial charge >= 0.3 is 12.0 Å². The average molecular weight is 293 g/mol. The average Bonchev–Trinajstić information content (AvgIpc) is 2.34. The van der Waals surface area contributed by atoms with Gasteiger partial charge in [-0.2, -0.15) is 5.26 Å². The lowest BCUT2D eigenvalue weighted by atomic mass is 10.1. The van der Waals surface area contributed by atoms with Gasteiger partial charge in [-0.3, -0.25) is 4.79 Å². The summed E-state index contributed by atoms with van der Waals surface area (Å²) in [5, 5.41) is 20.2. The fraction of sp³-hybridized carbons (Fsp3) is 0.357. The number of urea groups is 1. The summed E-state index contributed by atoms with van der Waals surface area (Å²) in [7, 11) is 0. The molecule has 0 aromatic heterocycles. The number of hydrogen-bond donors (Lipinski definition) is 2. The molecule has 7 heteroatoms. The number of carbonyl (C=O) groups excluding carboxylic acids is 1. The third kappa shape index (κ3) is 4.18. The summed E-state index contributed by atoms with van der Waals surface area (Å²) in [6.45, 7) is 4.51. The smallest absolute Gasteiger partial charge is 0.323 e. The van der Waals surface area contributed by atoms with Crippen LogP contribution in [0.25, 0.3) is 0 Å². The summed E-state index contributed by atoms with van der Waals surface area (Å²) in [6, 6.07) is 4.78. The number of amides is 2. The number of rotatable bonds is 3. The van der Waals surface area contributed by atoms with Crippen molar-refractivity contribution >= 4 is 17.7 Å². The molecule has 6 nitrogen and oxygen atoms in total. The topological polar surface area (TPSA) is 93.4 Å². The van der Waals surface area contributed by atoms with Crippen molar-refractivity contribution in [3.8, 4) is 6.07 Å². The summed E-state index contributed by atoms with van der Waals surface area (Å²) < 4.78 is 13.5. The van der Waals surface area contributed by atoms with Crippen LogP contribution >= 0.6 is 0 Å². The van der Waals surface area contributed by atoms with Crippen molar-refractivity contribution in [2.24, 2.45) is 0 Å². The van der Waals surface area contributed by atoms with E-state index in [0.29, 0.717) is 0 Å². The number of anilines is 1. The van der Waals surface area contributed by atoms with Gasteiger partial charge in [0.2, 0.25) is 0 Å². The molecule has 1 rings (SSSR count). The van der Waals surface area contributed by atoms with Crippen LogP contribution in [-0.2, 0) is 4.79 Å². The van der Waals surface area contributed by atoms with Crippen molar-refractivity contribution in [3.63, 3.8) is 0 Å². The zero-order valence-electron chi connectivity index (χ0n) is 12.0. The first-order valence-corrected chi connectivity index (χ1v) is 6.16.